The van der Waals surface area contributed by atoms with Crippen LogP contribution in [0.5, 0.6) is 0 Å². The highest BCUT2D eigenvalue weighted by atomic mass is 32.1. The van der Waals surface area contributed by atoms with E-state index in [0.29, 0.717) is 0 Å². The Morgan fingerprint density at radius 3 is 2.91 bits per heavy atom. The lowest BCUT2D eigenvalue weighted by Gasteiger charge is -2.28. The molecule has 0 saturated carbocycles. The highest BCUT2D eigenvalue weighted by Gasteiger charge is 2.23. The number of fused-ring (bicyclic) bond motifs is 1. The van der Waals surface area contributed by atoms with Gasteiger partial charge >= 0.3 is 0 Å². The number of rotatable bonds is 3. The van der Waals surface area contributed by atoms with Gasteiger partial charge in [-0.15, -0.1) is 11.3 Å². The summed E-state index contributed by atoms with van der Waals surface area (Å²) in [5, 5.41) is 2.11. The molecule has 1 N–H and O–H groups in total. The van der Waals surface area contributed by atoms with Gasteiger partial charge in [-0.25, -0.2) is 4.98 Å². The largest absolute Gasteiger partial charge is 0.342 e. The zero-order valence-corrected chi connectivity index (χ0v) is 13.4. The summed E-state index contributed by atoms with van der Waals surface area (Å²) in [6.45, 7) is 4.66. The number of nitrogens with zero attached hydrogens (tertiary/aromatic N) is 3. The van der Waals surface area contributed by atoms with Crippen LogP contribution in [0.4, 0.5) is 5.95 Å². The third-order valence-electron chi connectivity index (χ3n) is 4.51. The first-order valence-electron chi connectivity index (χ1n) is 7.91. The van der Waals surface area contributed by atoms with E-state index in [1.165, 1.54) is 17.7 Å². The summed E-state index contributed by atoms with van der Waals surface area (Å²) in [5.74, 6) is 0.763. The summed E-state index contributed by atoms with van der Waals surface area (Å²) >= 11 is 1.79. The summed E-state index contributed by atoms with van der Waals surface area (Å²) in [6.07, 6.45) is 3.17. The normalized spacial score (nSPS) is 18.6. The number of hydrogen-bond acceptors (Lipinski definition) is 5. The van der Waals surface area contributed by atoms with Crippen molar-refractivity contribution in [2.75, 3.05) is 24.5 Å². The van der Waals surface area contributed by atoms with E-state index in [9.17, 15) is 4.79 Å². The van der Waals surface area contributed by atoms with Crippen LogP contribution in [0, 0.1) is 0 Å². The van der Waals surface area contributed by atoms with Crippen molar-refractivity contribution < 1.29 is 0 Å². The Morgan fingerprint density at radius 2 is 2.14 bits per heavy atom. The highest BCUT2D eigenvalue weighted by molar-refractivity contribution is 7.09. The minimum absolute atomic E-state index is 0.0580. The van der Waals surface area contributed by atoms with Gasteiger partial charge in [-0.3, -0.25) is 14.7 Å². The molecule has 1 fully saturated rings. The predicted octanol–water partition coefficient (Wildman–Crippen LogP) is 1.99. The third kappa shape index (κ3) is 2.68. The predicted molar refractivity (Wildman–Crippen MR) is 88.4 cm³/mol. The van der Waals surface area contributed by atoms with E-state index in [-0.39, 0.29) is 5.56 Å². The molecule has 22 heavy (non-hydrogen) atoms. The summed E-state index contributed by atoms with van der Waals surface area (Å²) < 4.78 is 0. The van der Waals surface area contributed by atoms with E-state index < -0.39 is 0 Å². The van der Waals surface area contributed by atoms with Gasteiger partial charge in [0.15, 0.2) is 0 Å². The average Bonchev–Trinajstić information content (AvgIpc) is 3.20. The van der Waals surface area contributed by atoms with Crippen molar-refractivity contribution in [3.05, 3.63) is 44.0 Å². The summed E-state index contributed by atoms with van der Waals surface area (Å²) in [7, 11) is 0. The Bertz CT molecular complexity index is 703. The van der Waals surface area contributed by atoms with Crippen LogP contribution in [0.3, 0.4) is 0 Å². The fourth-order valence-corrected chi connectivity index (χ4v) is 4.06. The van der Waals surface area contributed by atoms with Gasteiger partial charge in [-0.05, 0) is 30.7 Å². The monoisotopic (exact) mass is 316 g/mol. The molecule has 0 bridgehead atoms. The Kier molecular flexibility index (Phi) is 3.72. The van der Waals surface area contributed by atoms with Gasteiger partial charge in [0.05, 0.1) is 5.69 Å². The molecule has 0 amide bonds. The summed E-state index contributed by atoms with van der Waals surface area (Å²) in [4.78, 5) is 26.0. The lowest BCUT2D eigenvalue weighted by atomic mass is 10.1. The van der Waals surface area contributed by atoms with Gasteiger partial charge in [0, 0.05) is 43.2 Å². The summed E-state index contributed by atoms with van der Waals surface area (Å²) in [6, 6.07) is 4.26. The lowest BCUT2D eigenvalue weighted by molar-refractivity contribution is 0.242. The maximum atomic E-state index is 12.3. The van der Waals surface area contributed by atoms with E-state index in [1.807, 2.05) is 0 Å². The molecule has 5 nitrogen and oxygen atoms in total. The minimum Gasteiger partial charge on any atom is -0.342 e. The zero-order valence-electron chi connectivity index (χ0n) is 12.5. The van der Waals surface area contributed by atoms with Gasteiger partial charge in [-0.2, -0.15) is 0 Å². The van der Waals surface area contributed by atoms with Crippen LogP contribution in [0.2, 0.25) is 0 Å². The zero-order chi connectivity index (χ0) is 14.9. The van der Waals surface area contributed by atoms with Crippen molar-refractivity contribution in [1.29, 1.82) is 0 Å². The Morgan fingerprint density at radius 1 is 1.27 bits per heavy atom. The van der Waals surface area contributed by atoms with Crippen LogP contribution >= 0.6 is 11.3 Å². The number of hydrogen-bond donors (Lipinski definition) is 1. The number of anilines is 1. The first-order valence-corrected chi connectivity index (χ1v) is 8.79. The Labute approximate surface area is 133 Å². The van der Waals surface area contributed by atoms with Crippen molar-refractivity contribution in [2.24, 2.45) is 0 Å². The van der Waals surface area contributed by atoms with E-state index in [1.54, 1.807) is 11.3 Å². The van der Waals surface area contributed by atoms with Crippen LogP contribution in [0.1, 0.15) is 29.0 Å². The molecule has 0 aromatic carbocycles. The van der Waals surface area contributed by atoms with Crippen molar-refractivity contribution in [3.63, 3.8) is 0 Å². The Hall–Kier alpha value is -1.66. The van der Waals surface area contributed by atoms with Gasteiger partial charge in [0.25, 0.3) is 5.56 Å². The number of nitrogens with one attached hydrogen (secondary N) is 1. The molecule has 116 valence electrons. The standard InChI is InChI=1S/C16H20N4OS/c21-15-13-5-8-19(10-12-4-3-9-22-12)11-14(13)17-16(18-15)20-6-1-2-7-20/h3-4,9H,1-2,5-8,10-11H2,(H,17,18,21). The average molecular weight is 316 g/mol. The van der Waals surface area contributed by atoms with Crippen LogP contribution in [-0.2, 0) is 19.5 Å². The van der Waals surface area contributed by atoms with E-state index in [4.69, 9.17) is 4.98 Å². The van der Waals surface area contributed by atoms with Crippen LogP contribution in [-0.4, -0.2) is 34.5 Å². The fraction of sp³-hybridized carbons (Fsp3) is 0.500. The molecule has 2 aliphatic heterocycles. The van der Waals surface area contributed by atoms with Crippen LogP contribution < -0.4 is 10.5 Å². The smallest absolute Gasteiger partial charge is 0.255 e. The van der Waals surface area contributed by atoms with Crippen molar-refractivity contribution in [3.8, 4) is 0 Å². The maximum absolute atomic E-state index is 12.3. The first kappa shape index (κ1) is 14.0. The number of thiophene rings is 1. The third-order valence-corrected chi connectivity index (χ3v) is 5.37. The SMILES string of the molecule is O=c1[nH]c(N2CCCC2)nc2c1CCN(Cc1cccs1)C2. The van der Waals surface area contributed by atoms with E-state index in [0.717, 1.165) is 56.4 Å². The number of aromatic amines is 1. The molecule has 0 unspecified atom stereocenters. The molecule has 2 aromatic heterocycles. The van der Waals surface area contributed by atoms with Crippen molar-refractivity contribution >= 4 is 17.3 Å². The Balaban J connectivity index is 1.58. The quantitative estimate of drug-likeness (QED) is 0.941. The molecule has 0 atom stereocenters. The van der Waals surface area contributed by atoms with E-state index >= 15 is 0 Å². The summed E-state index contributed by atoms with van der Waals surface area (Å²) in [5.41, 5.74) is 1.90. The van der Waals surface area contributed by atoms with Crippen LogP contribution in [0.25, 0.3) is 0 Å². The molecule has 2 aliphatic rings. The minimum atomic E-state index is 0.0580. The molecule has 4 rings (SSSR count). The molecular formula is C16H20N4OS. The van der Waals surface area contributed by atoms with Crippen molar-refractivity contribution in [1.82, 2.24) is 14.9 Å². The second-order valence-corrected chi connectivity index (χ2v) is 7.08. The van der Waals surface area contributed by atoms with Crippen LogP contribution in [0.15, 0.2) is 22.3 Å². The van der Waals surface area contributed by atoms with Gasteiger partial charge < -0.3 is 4.90 Å². The maximum Gasteiger partial charge on any atom is 0.255 e. The molecule has 0 spiro atoms. The van der Waals surface area contributed by atoms with Gasteiger partial charge in [0.1, 0.15) is 0 Å². The molecule has 0 aliphatic carbocycles. The number of H-pyrrole nitrogens is 1. The molecule has 4 heterocycles. The second kappa shape index (κ2) is 5.85. The van der Waals surface area contributed by atoms with Crippen molar-refractivity contribution in [2.45, 2.75) is 32.4 Å². The second-order valence-electron chi connectivity index (χ2n) is 6.05. The molecule has 1 saturated heterocycles. The molecule has 2 aromatic rings. The van der Waals surface area contributed by atoms with Gasteiger partial charge in [-0.1, -0.05) is 6.07 Å². The fourth-order valence-electron chi connectivity index (χ4n) is 3.32. The highest BCUT2D eigenvalue weighted by Crippen LogP contribution is 2.21. The lowest BCUT2D eigenvalue weighted by Crippen LogP contribution is -2.36. The molecular weight excluding hydrogens is 296 g/mol. The molecule has 6 heteroatoms. The topological polar surface area (TPSA) is 52.2 Å². The first-order chi connectivity index (χ1) is 10.8. The van der Waals surface area contributed by atoms with E-state index in [2.05, 4.69) is 32.3 Å². The number of aromatic nitrogens is 2. The van der Waals surface area contributed by atoms with Gasteiger partial charge in [0.2, 0.25) is 5.95 Å². The molecule has 0 radical (unpaired) electrons.